The van der Waals surface area contributed by atoms with Gasteiger partial charge in [-0.2, -0.15) is 13.2 Å². The van der Waals surface area contributed by atoms with Gasteiger partial charge in [-0.25, -0.2) is 9.29 Å². The Bertz CT molecular complexity index is 854. The Labute approximate surface area is 167 Å². The van der Waals surface area contributed by atoms with Crippen LogP contribution < -0.4 is 0 Å². The number of alkyl halides is 3. The Morgan fingerprint density at radius 1 is 1.17 bits per heavy atom. The molecule has 2 unspecified atom stereocenters. The third-order valence-electron chi connectivity index (χ3n) is 5.56. The quantitative estimate of drug-likeness (QED) is 0.540. The number of benzene rings is 2. The van der Waals surface area contributed by atoms with Gasteiger partial charge in [0.1, 0.15) is 5.82 Å². The van der Waals surface area contributed by atoms with Gasteiger partial charge >= 0.3 is 6.30 Å². The van der Waals surface area contributed by atoms with Crippen LogP contribution in [0, 0.1) is 18.7 Å². The molecule has 156 valence electrons. The van der Waals surface area contributed by atoms with E-state index in [-0.39, 0.29) is 25.4 Å². The predicted molar refractivity (Wildman–Crippen MR) is 103 cm³/mol. The molecule has 2 atom stereocenters. The summed E-state index contributed by atoms with van der Waals surface area (Å²) in [6, 6.07) is 13.5. The predicted octanol–water partition coefficient (Wildman–Crippen LogP) is 4.72. The minimum Gasteiger partial charge on any atom is -0.341 e. The van der Waals surface area contributed by atoms with E-state index in [1.165, 1.54) is 18.2 Å². The summed E-state index contributed by atoms with van der Waals surface area (Å²) in [5, 5.41) is 0. The summed E-state index contributed by atoms with van der Waals surface area (Å²) in [7, 11) is 1.67. The van der Waals surface area contributed by atoms with E-state index in [0.29, 0.717) is 22.6 Å². The summed E-state index contributed by atoms with van der Waals surface area (Å²) >= 11 is 0. The first kappa shape index (κ1) is 21.3. The first-order valence-corrected chi connectivity index (χ1v) is 9.53. The van der Waals surface area contributed by atoms with E-state index < -0.39 is 24.0 Å². The molecule has 1 saturated heterocycles. The molecule has 1 heterocycles. The van der Waals surface area contributed by atoms with Gasteiger partial charge in [0.15, 0.2) is 0 Å². The molecule has 0 aromatic heterocycles. The van der Waals surface area contributed by atoms with E-state index in [9.17, 15) is 22.4 Å². The van der Waals surface area contributed by atoms with Gasteiger partial charge in [0.25, 0.3) is 0 Å². The topological polar surface area (TPSA) is 23.6 Å². The third-order valence-corrected chi connectivity index (χ3v) is 5.56. The largest absolute Gasteiger partial charge is 0.459 e. The van der Waals surface area contributed by atoms with E-state index in [4.69, 9.17) is 0 Å². The lowest BCUT2D eigenvalue weighted by Crippen LogP contribution is -2.50. The second-order valence-electron chi connectivity index (χ2n) is 7.60. The molecule has 0 radical (unpaired) electrons. The van der Waals surface area contributed by atoms with Crippen molar-refractivity contribution in [2.75, 3.05) is 20.1 Å². The third kappa shape index (κ3) is 4.96. The summed E-state index contributed by atoms with van der Waals surface area (Å²) < 4.78 is 53.6. The van der Waals surface area contributed by atoms with Gasteiger partial charge in [0, 0.05) is 38.5 Å². The van der Waals surface area contributed by atoms with Gasteiger partial charge in [-0.3, -0.25) is 4.79 Å². The number of carbonyl (C=O) groups excluding carboxylic acids is 1. The van der Waals surface area contributed by atoms with Crippen LogP contribution in [0.1, 0.15) is 29.0 Å². The lowest BCUT2D eigenvalue weighted by molar-refractivity contribution is -0.253. The number of nitrogens with zero attached hydrogens (tertiary/aromatic N) is 2. The fourth-order valence-electron chi connectivity index (χ4n) is 4.07. The molecule has 0 spiro atoms. The molecule has 1 amide bonds. The van der Waals surface area contributed by atoms with Crippen molar-refractivity contribution < 1.29 is 22.4 Å². The van der Waals surface area contributed by atoms with Crippen LogP contribution in [0.4, 0.5) is 17.6 Å². The highest BCUT2D eigenvalue weighted by molar-refractivity contribution is 5.80. The number of halogens is 4. The minimum absolute atomic E-state index is 0.0962. The molecule has 3 nitrogen and oxygen atoms in total. The summed E-state index contributed by atoms with van der Waals surface area (Å²) in [4.78, 5) is 15.2. The molecule has 0 aliphatic carbocycles. The van der Waals surface area contributed by atoms with E-state index in [2.05, 4.69) is 0 Å². The number of rotatable bonds is 4. The smallest absolute Gasteiger partial charge is 0.341 e. The molecule has 1 aliphatic rings. The second-order valence-corrected chi connectivity index (χ2v) is 7.60. The molecule has 1 aliphatic heterocycles. The van der Waals surface area contributed by atoms with Gasteiger partial charge in [-0.1, -0.05) is 36.4 Å². The van der Waals surface area contributed by atoms with Crippen molar-refractivity contribution in [2.45, 2.75) is 32.1 Å². The molecule has 2 aromatic carbocycles. The lowest BCUT2D eigenvalue weighted by atomic mass is 9.78. The normalized spacial score (nSPS) is 20.5. The van der Waals surface area contributed by atoms with E-state index in [1.54, 1.807) is 18.9 Å². The number of aryl methyl sites for hydroxylation is 1. The van der Waals surface area contributed by atoms with Gasteiger partial charge in [0.2, 0.25) is 5.91 Å². The van der Waals surface area contributed by atoms with Gasteiger partial charge in [0.05, 0.1) is 0 Å². The Morgan fingerprint density at radius 2 is 1.86 bits per heavy atom. The number of piperidine rings is 1. The zero-order valence-electron chi connectivity index (χ0n) is 16.4. The Hall–Kier alpha value is -2.41. The first-order chi connectivity index (χ1) is 13.7. The number of likely N-dealkylation sites (tertiary alicyclic amines) is 1. The van der Waals surface area contributed by atoms with Gasteiger partial charge in [-0.05, 0) is 42.2 Å². The molecule has 0 bridgehead atoms. The molecule has 29 heavy (non-hydrogen) atoms. The molecule has 0 saturated carbocycles. The van der Waals surface area contributed by atoms with Gasteiger partial charge in [-0.15, -0.1) is 0 Å². The highest BCUT2D eigenvalue weighted by Crippen LogP contribution is 2.39. The number of amides is 1. The van der Waals surface area contributed by atoms with Crippen molar-refractivity contribution in [1.82, 2.24) is 9.80 Å². The number of carbonyl (C=O) groups is 1. The van der Waals surface area contributed by atoms with Gasteiger partial charge < -0.3 is 4.90 Å². The Balaban J connectivity index is 1.87. The monoisotopic (exact) mass is 408 g/mol. The van der Waals surface area contributed by atoms with E-state index in [0.717, 1.165) is 5.56 Å². The fraction of sp³-hybridized carbons (Fsp3) is 0.409. The summed E-state index contributed by atoms with van der Waals surface area (Å²) in [6.45, 7) is 1.51. The second kappa shape index (κ2) is 8.53. The maximum Gasteiger partial charge on any atom is 0.459 e. The average molecular weight is 408 g/mol. The molecule has 1 fully saturated rings. The van der Waals surface area contributed by atoms with Crippen LogP contribution in [-0.4, -0.2) is 42.1 Å². The van der Waals surface area contributed by atoms with Crippen LogP contribution >= 0.6 is 0 Å². The summed E-state index contributed by atoms with van der Waals surface area (Å²) in [6.07, 6.45) is -4.37. The first-order valence-electron chi connectivity index (χ1n) is 9.53. The SMILES string of the molecule is Cc1cc(F)ccc1C1CN(C(F)(F)F)CCC1C(=O)N(C)Cc1ccccc1. The zero-order valence-corrected chi connectivity index (χ0v) is 16.4. The van der Waals surface area contributed by atoms with Crippen LogP contribution in [0.5, 0.6) is 0 Å². The van der Waals surface area contributed by atoms with Crippen molar-refractivity contribution in [2.24, 2.45) is 5.92 Å². The van der Waals surface area contributed by atoms with E-state index in [1.807, 2.05) is 30.3 Å². The molecule has 7 heteroatoms. The lowest BCUT2D eigenvalue weighted by Gasteiger charge is -2.40. The van der Waals surface area contributed by atoms with Crippen LogP contribution in [0.2, 0.25) is 0 Å². The van der Waals surface area contributed by atoms with Crippen LogP contribution in [0.3, 0.4) is 0 Å². The zero-order chi connectivity index (χ0) is 21.2. The van der Waals surface area contributed by atoms with Crippen molar-refractivity contribution >= 4 is 5.91 Å². The Morgan fingerprint density at radius 3 is 2.48 bits per heavy atom. The van der Waals surface area contributed by atoms with Crippen LogP contribution in [0.15, 0.2) is 48.5 Å². The maximum absolute atomic E-state index is 13.5. The molecule has 2 aromatic rings. The number of hydrogen-bond donors (Lipinski definition) is 0. The van der Waals surface area contributed by atoms with Crippen molar-refractivity contribution in [3.05, 3.63) is 71.0 Å². The standard InChI is InChI=1S/C22H24F4N2O/c1-15-12-17(23)8-9-18(15)20-14-28(22(24,25)26)11-10-19(20)21(29)27(2)13-16-6-4-3-5-7-16/h3-9,12,19-20H,10-11,13-14H2,1-2H3. The Kier molecular flexibility index (Phi) is 6.27. The summed E-state index contributed by atoms with van der Waals surface area (Å²) in [5.74, 6) is -1.88. The average Bonchev–Trinajstić information content (AvgIpc) is 2.67. The number of hydrogen-bond acceptors (Lipinski definition) is 2. The van der Waals surface area contributed by atoms with Crippen molar-refractivity contribution in [1.29, 1.82) is 0 Å². The molecular weight excluding hydrogens is 384 g/mol. The minimum atomic E-state index is -4.46. The van der Waals surface area contributed by atoms with Crippen LogP contribution in [-0.2, 0) is 11.3 Å². The maximum atomic E-state index is 13.5. The molecule has 0 N–H and O–H groups in total. The van der Waals surface area contributed by atoms with Crippen molar-refractivity contribution in [3.8, 4) is 0 Å². The highest BCUT2D eigenvalue weighted by atomic mass is 19.4. The van der Waals surface area contributed by atoms with Crippen LogP contribution in [0.25, 0.3) is 0 Å². The van der Waals surface area contributed by atoms with Crippen molar-refractivity contribution in [3.63, 3.8) is 0 Å². The highest BCUT2D eigenvalue weighted by Gasteiger charge is 2.45. The van der Waals surface area contributed by atoms with E-state index >= 15 is 0 Å². The molecular formula is C22H24F4N2O. The fourth-order valence-corrected chi connectivity index (χ4v) is 4.07. The summed E-state index contributed by atoms with van der Waals surface area (Å²) in [5.41, 5.74) is 2.10. The molecule has 3 rings (SSSR count).